The van der Waals surface area contributed by atoms with Crippen LogP contribution in [0.15, 0.2) is 48.5 Å². The van der Waals surface area contributed by atoms with Gasteiger partial charge in [-0.15, -0.1) is 5.10 Å². The molecule has 0 radical (unpaired) electrons. The first-order valence-corrected chi connectivity index (χ1v) is 11.2. The summed E-state index contributed by atoms with van der Waals surface area (Å²) in [6.45, 7) is 4.61. The lowest BCUT2D eigenvalue weighted by atomic mass is 10.0. The Kier molecular flexibility index (Phi) is 5.29. The monoisotopic (exact) mass is 457 g/mol. The lowest BCUT2D eigenvalue weighted by Crippen LogP contribution is -2.48. The molecule has 2 aromatic heterocycles. The van der Waals surface area contributed by atoms with E-state index in [0.717, 1.165) is 10.4 Å². The maximum absolute atomic E-state index is 14.2. The predicted octanol–water partition coefficient (Wildman–Crippen LogP) is 4.51. The van der Waals surface area contributed by atoms with Crippen molar-refractivity contribution in [2.45, 2.75) is 13.0 Å². The molecule has 0 bridgehead atoms. The normalized spacial score (nSPS) is 16.2. The molecular formula is C22H21ClFN5OS. The Labute approximate surface area is 188 Å². The van der Waals surface area contributed by atoms with E-state index in [1.165, 1.54) is 21.9 Å². The van der Waals surface area contributed by atoms with E-state index in [4.69, 9.17) is 11.6 Å². The number of anilines is 1. The number of piperazine rings is 1. The van der Waals surface area contributed by atoms with Crippen molar-refractivity contribution < 1.29 is 9.50 Å². The SMILES string of the molecule is Cc1nc2sc([C@H](c3ccc(Cl)cc3)N3CCN(c4ccccc4F)CC3)c(O)n2n1. The summed E-state index contributed by atoms with van der Waals surface area (Å²) >= 11 is 7.55. The van der Waals surface area contributed by atoms with Gasteiger partial charge in [-0.25, -0.2) is 9.37 Å². The van der Waals surface area contributed by atoms with E-state index in [1.807, 2.05) is 36.4 Å². The second-order valence-corrected chi connectivity index (χ2v) is 9.02. The van der Waals surface area contributed by atoms with Gasteiger partial charge in [-0.2, -0.15) is 4.52 Å². The summed E-state index contributed by atoms with van der Waals surface area (Å²) < 4.78 is 15.7. The average molecular weight is 458 g/mol. The van der Waals surface area contributed by atoms with Crippen LogP contribution < -0.4 is 4.90 Å². The molecular weight excluding hydrogens is 437 g/mol. The molecule has 1 fully saturated rings. The van der Waals surface area contributed by atoms with Gasteiger partial charge in [-0.3, -0.25) is 4.90 Å². The fourth-order valence-electron chi connectivity index (χ4n) is 4.13. The molecule has 2 aromatic carbocycles. The highest BCUT2D eigenvalue weighted by atomic mass is 35.5. The number of hydrogen-bond acceptors (Lipinski definition) is 6. The second kappa shape index (κ2) is 8.11. The van der Waals surface area contributed by atoms with Crippen LogP contribution >= 0.6 is 22.9 Å². The molecule has 1 aliphatic rings. The first-order chi connectivity index (χ1) is 15.0. The van der Waals surface area contributed by atoms with Crippen LogP contribution in [0.5, 0.6) is 5.88 Å². The van der Waals surface area contributed by atoms with E-state index in [1.54, 1.807) is 13.0 Å². The molecule has 3 heterocycles. The highest BCUT2D eigenvalue weighted by Crippen LogP contribution is 2.40. The Morgan fingerprint density at radius 2 is 1.77 bits per heavy atom. The number of thiazole rings is 1. The van der Waals surface area contributed by atoms with E-state index < -0.39 is 0 Å². The van der Waals surface area contributed by atoms with Gasteiger partial charge in [0, 0.05) is 31.2 Å². The molecule has 9 heteroatoms. The summed E-state index contributed by atoms with van der Waals surface area (Å²) in [5.41, 5.74) is 1.66. The number of nitrogens with zero attached hydrogens (tertiary/aromatic N) is 5. The number of hydrogen-bond donors (Lipinski definition) is 1. The van der Waals surface area contributed by atoms with E-state index in [0.29, 0.717) is 47.7 Å². The maximum atomic E-state index is 14.2. The zero-order chi connectivity index (χ0) is 21.5. The van der Waals surface area contributed by atoms with Crippen LogP contribution in [0.3, 0.4) is 0 Å². The standard InChI is InChI=1S/C22H21ClFN5OS/c1-14-25-22-29(26-14)21(30)20(31-22)19(15-6-8-16(23)9-7-15)28-12-10-27(11-13-28)18-5-3-2-4-17(18)24/h2-9,19,30H,10-13H2,1H3/t19-/m0/s1. The highest BCUT2D eigenvalue weighted by Gasteiger charge is 2.32. The number of benzene rings is 2. The van der Waals surface area contributed by atoms with Gasteiger partial charge in [0.15, 0.2) is 0 Å². The van der Waals surface area contributed by atoms with Gasteiger partial charge < -0.3 is 10.0 Å². The first-order valence-electron chi connectivity index (χ1n) is 10.1. The zero-order valence-electron chi connectivity index (χ0n) is 16.9. The predicted molar refractivity (Wildman–Crippen MR) is 121 cm³/mol. The third kappa shape index (κ3) is 3.75. The summed E-state index contributed by atoms with van der Waals surface area (Å²) in [5.74, 6) is 0.524. The summed E-state index contributed by atoms with van der Waals surface area (Å²) in [6, 6.07) is 14.4. The fraction of sp³-hybridized carbons (Fsp3) is 0.273. The minimum Gasteiger partial charge on any atom is -0.492 e. The van der Waals surface area contributed by atoms with Crippen molar-refractivity contribution in [3.8, 4) is 5.88 Å². The van der Waals surface area contributed by atoms with Crippen LogP contribution in [0, 0.1) is 12.7 Å². The van der Waals surface area contributed by atoms with Gasteiger partial charge in [-0.1, -0.05) is 47.2 Å². The molecule has 0 aliphatic carbocycles. The third-order valence-electron chi connectivity index (χ3n) is 5.61. The van der Waals surface area contributed by atoms with E-state index in [9.17, 15) is 9.50 Å². The number of aromatic hydroxyl groups is 1. The Bertz CT molecular complexity index is 1220. The van der Waals surface area contributed by atoms with Crippen LogP contribution in [0.4, 0.5) is 10.1 Å². The van der Waals surface area contributed by atoms with Crippen molar-refractivity contribution in [1.82, 2.24) is 19.5 Å². The average Bonchev–Trinajstić information content (AvgIpc) is 3.28. The summed E-state index contributed by atoms with van der Waals surface area (Å²) in [6.07, 6.45) is 0. The zero-order valence-corrected chi connectivity index (χ0v) is 18.4. The fourth-order valence-corrected chi connectivity index (χ4v) is 5.42. The smallest absolute Gasteiger partial charge is 0.230 e. The van der Waals surface area contributed by atoms with Crippen molar-refractivity contribution in [1.29, 1.82) is 0 Å². The quantitative estimate of drug-likeness (QED) is 0.488. The lowest BCUT2D eigenvalue weighted by Gasteiger charge is -2.40. The molecule has 1 N–H and O–H groups in total. The van der Waals surface area contributed by atoms with Crippen LogP contribution in [-0.2, 0) is 0 Å². The molecule has 0 saturated carbocycles. The third-order valence-corrected chi connectivity index (χ3v) is 6.94. The Morgan fingerprint density at radius 3 is 2.45 bits per heavy atom. The van der Waals surface area contributed by atoms with Gasteiger partial charge in [0.25, 0.3) is 0 Å². The molecule has 0 spiro atoms. The number of fused-ring (bicyclic) bond motifs is 1. The summed E-state index contributed by atoms with van der Waals surface area (Å²) in [5, 5.41) is 15.9. The number of aromatic nitrogens is 3. The number of aryl methyl sites for hydroxylation is 1. The number of rotatable bonds is 4. The molecule has 1 aliphatic heterocycles. The van der Waals surface area contributed by atoms with Gasteiger partial charge in [0.2, 0.25) is 10.8 Å². The Hall–Kier alpha value is -2.68. The molecule has 0 amide bonds. The van der Waals surface area contributed by atoms with Crippen LogP contribution in [-0.4, -0.2) is 50.8 Å². The molecule has 0 unspecified atom stereocenters. The highest BCUT2D eigenvalue weighted by molar-refractivity contribution is 7.17. The molecule has 4 aromatic rings. The van der Waals surface area contributed by atoms with E-state index in [2.05, 4.69) is 19.9 Å². The van der Waals surface area contributed by atoms with Gasteiger partial charge >= 0.3 is 0 Å². The van der Waals surface area contributed by atoms with Crippen LogP contribution in [0.2, 0.25) is 5.02 Å². The first kappa shape index (κ1) is 20.2. The van der Waals surface area contributed by atoms with Crippen molar-refractivity contribution in [2.75, 3.05) is 31.1 Å². The van der Waals surface area contributed by atoms with Crippen molar-refractivity contribution in [3.05, 3.63) is 75.6 Å². The van der Waals surface area contributed by atoms with Crippen molar-refractivity contribution in [3.63, 3.8) is 0 Å². The lowest BCUT2D eigenvalue weighted by molar-refractivity contribution is 0.210. The van der Waals surface area contributed by atoms with Crippen molar-refractivity contribution >= 4 is 33.6 Å². The topological polar surface area (TPSA) is 56.9 Å². The minimum absolute atomic E-state index is 0.108. The van der Waals surface area contributed by atoms with E-state index >= 15 is 0 Å². The maximum Gasteiger partial charge on any atom is 0.230 e. The summed E-state index contributed by atoms with van der Waals surface area (Å²) in [7, 11) is 0. The number of halogens is 2. The molecule has 1 saturated heterocycles. The van der Waals surface area contributed by atoms with Crippen LogP contribution in [0.25, 0.3) is 4.96 Å². The molecule has 5 rings (SSSR count). The number of para-hydroxylation sites is 1. The molecule has 160 valence electrons. The van der Waals surface area contributed by atoms with Crippen LogP contribution in [0.1, 0.15) is 22.3 Å². The van der Waals surface area contributed by atoms with Gasteiger partial charge in [0.1, 0.15) is 11.6 Å². The minimum atomic E-state index is -0.205. The Morgan fingerprint density at radius 1 is 1.06 bits per heavy atom. The second-order valence-electron chi connectivity index (χ2n) is 7.57. The van der Waals surface area contributed by atoms with Gasteiger partial charge in [0.05, 0.1) is 16.6 Å². The van der Waals surface area contributed by atoms with Gasteiger partial charge in [-0.05, 0) is 36.8 Å². The summed E-state index contributed by atoms with van der Waals surface area (Å²) in [4.78, 5) is 10.2. The Balaban J connectivity index is 1.48. The molecule has 6 nitrogen and oxygen atoms in total. The largest absolute Gasteiger partial charge is 0.492 e. The van der Waals surface area contributed by atoms with Crippen molar-refractivity contribution in [2.24, 2.45) is 0 Å². The van der Waals surface area contributed by atoms with E-state index in [-0.39, 0.29) is 17.7 Å². The molecule has 31 heavy (non-hydrogen) atoms. The molecule has 1 atom stereocenters.